The first kappa shape index (κ1) is 14.1. The van der Waals surface area contributed by atoms with Gasteiger partial charge in [-0.15, -0.1) is 0 Å². The van der Waals surface area contributed by atoms with Crippen LogP contribution in [0.5, 0.6) is 0 Å². The largest absolute Gasteiger partial charge is 0.336 e. The number of hydrogen-bond acceptors (Lipinski definition) is 2. The Morgan fingerprint density at radius 2 is 1.90 bits per heavy atom. The zero-order valence-electron chi connectivity index (χ0n) is 12.5. The maximum Gasteiger partial charge on any atom is 0.242 e. The third-order valence-electron chi connectivity index (χ3n) is 4.35. The predicted octanol–water partition coefficient (Wildman–Crippen LogP) is 1.76. The number of aryl methyl sites for hydroxylation is 2. The molecule has 0 spiro atoms. The van der Waals surface area contributed by atoms with E-state index in [0.29, 0.717) is 25.6 Å². The normalized spacial score (nSPS) is 19.0. The van der Waals surface area contributed by atoms with Crippen molar-refractivity contribution in [3.05, 3.63) is 35.4 Å². The van der Waals surface area contributed by atoms with Gasteiger partial charge in [-0.3, -0.25) is 9.59 Å². The van der Waals surface area contributed by atoms with E-state index in [-0.39, 0.29) is 18.4 Å². The molecule has 1 saturated heterocycles. The summed E-state index contributed by atoms with van der Waals surface area (Å²) in [6.07, 6.45) is 3.50. The number of amides is 2. The lowest BCUT2D eigenvalue weighted by molar-refractivity contribution is -0.145. The molecule has 1 aromatic carbocycles. The zero-order valence-corrected chi connectivity index (χ0v) is 12.5. The molecule has 3 rings (SSSR count). The molecule has 0 aromatic heterocycles. The van der Waals surface area contributed by atoms with E-state index in [0.717, 1.165) is 19.3 Å². The van der Waals surface area contributed by atoms with Crippen LogP contribution in [-0.4, -0.2) is 47.3 Å². The Hall–Kier alpha value is -1.84. The van der Waals surface area contributed by atoms with E-state index in [1.165, 1.54) is 11.1 Å². The third-order valence-corrected chi connectivity index (χ3v) is 4.35. The second-order valence-corrected chi connectivity index (χ2v) is 6.12. The Balaban J connectivity index is 1.49. The van der Waals surface area contributed by atoms with E-state index in [1.54, 1.807) is 4.90 Å². The Bertz CT molecular complexity index is 534. The molecule has 2 fully saturated rings. The highest BCUT2D eigenvalue weighted by Crippen LogP contribution is 2.28. The van der Waals surface area contributed by atoms with Crippen LogP contribution >= 0.6 is 0 Å². The maximum atomic E-state index is 12.2. The van der Waals surface area contributed by atoms with Gasteiger partial charge in [0.25, 0.3) is 0 Å². The van der Waals surface area contributed by atoms with Gasteiger partial charge < -0.3 is 9.80 Å². The summed E-state index contributed by atoms with van der Waals surface area (Å²) in [5.41, 5.74) is 2.41. The molecular weight excluding hydrogens is 264 g/mol. The molecule has 1 aliphatic heterocycles. The minimum Gasteiger partial charge on any atom is -0.336 e. The van der Waals surface area contributed by atoms with E-state index in [9.17, 15) is 9.59 Å². The molecule has 0 bridgehead atoms. The second-order valence-electron chi connectivity index (χ2n) is 6.12. The molecule has 1 heterocycles. The van der Waals surface area contributed by atoms with Crippen LogP contribution in [0.1, 0.15) is 30.4 Å². The molecule has 2 amide bonds. The SMILES string of the molecule is Cc1ccc(CCC(=O)N2CCN(C3CC3)C(=O)C2)cc1. The molecule has 0 N–H and O–H groups in total. The van der Waals surface area contributed by atoms with Crippen molar-refractivity contribution < 1.29 is 9.59 Å². The smallest absolute Gasteiger partial charge is 0.242 e. The number of piperazine rings is 1. The molecule has 4 heteroatoms. The third kappa shape index (κ3) is 3.43. The van der Waals surface area contributed by atoms with Crippen molar-refractivity contribution in [3.63, 3.8) is 0 Å². The number of carbonyl (C=O) groups excluding carboxylic acids is 2. The Kier molecular flexibility index (Phi) is 3.95. The Labute approximate surface area is 125 Å². The van der Waals surface area contributed by atoms with Crippen molar-refractivity contribution in [1.82, 2.24) is 9.80 Å². The molecule has 1 saturated carbocycles. The summed E-state index contributed by atoms with van der Waals surface area (Å²) in [4.78, 5) is 27.9. The minimum atomic E-state index is 0.0966. The average Bonchev–Trinajstić information content (AvgIpc) is 3.31. The quantitative estimate of drug-likeness (QED) is 0.846. The molecule has 0 unspecified atom stereocenters. The van der Waals surface area contributed by atoms with Gasteiger partial charge in [0, 0.05) is 25.6 Å². The van der Waals surface area contributed by atoms with Crippen LogP contribution in [0.2, 0.25) is 0 Å². The molecule has 21 heavy (non-hydrogen) atoms. The maximum absolute atomic E-state index is 12.2. The van der Waals surface area contributed by atoms with Crippen molar-refractivity contribution in [3.8, 4) is 0 Å². The molecular formula is C17H22N2O2. The number of hydrogen-bond donors (Lipinski definition) is 0. The lowest BCUT2D eigenvalue weighted by Crippen LogP contribution is -2.52. The summed E-state index contributed by atoms with van der Waals surface area (Å²) in [7, 11) is 0. The second kappa shape index (κ2) is 5.88. The van der Waals surface area contributed by atoms with E-state index in [4.69, 9.17) is 0 Å². The fraction of sp³-hybridized carbons (Fsp3) is 0.529. The minimum absolute atomic E-state index is 0.0966. The van der Waals surface area contributed by atoms with Crippen molar-refractivity contribution in [2.24, 2.45) is 0 Å². The summed E-state index contributed by atoms with van der Waals surface area (Å²) in [5, 5.41) is 0. The lowest BCUT2D eigenvalue weighted by atomic mass is 10.1. The lowest BCUT2D eigenvalue weighted by Gasteiger charge is -2.34. The molecule has 0 radical (unpaired) electrons. The zero-order chi connectivity index (χ0) is 14.8. The Morgan fingerprint density at radius 3 is 2.52 bits per heavy atom. The number of rotatable bonds is 4. The van der Waals surface area contributed by atoms with Crippen LogP contribution in [0.25, 0.3) is 0 Å². The molecule has 0 atom stereocenters. The number of nitrogens with zero attached hydrogens (tertiary/aromatic N) is 2. The predicted molar refractivity (Wildman–Crippen MR) is 80.8 cm³/mol. The van der Waals surface area contributed by atoms with Crippen LogP contribution in [0.15, 0.2) is 24.3 Å². The fourth-order valence-electron chi connectivity index (χ4n) is 2.84. The van der Waals surface area contributed by atoms with Gasteiger partial charge >= 0.3 is 0 Å². The summed E-state index contributed by atoms with van der Waals surface area (Å²) < 4.78 is 0. The van der Waals surface area contributed by atoms with E-state index in [1.807, 2.05) is 4.90 Å². The highest BCUT2D eigenvalue weighted by atomic mass is 16.2. The first-order valence-electron chi connectivity index (χ1n) is 7.76. The van der Waals surface area contributed by atoms with Gasteiger partial charge in [-0.2, -0.15) is 0 Å². The van der Waals surface area contributed by atoms with Crippen LogP contribution in [0.3, 0.4) is 0 Å². The van der Waals surface area contributed by atoms with Gasteiger partial charge in [-0.25, -0.2) is 0 Å². The molecule has 4 nitrogen and oxygen atoms in total. The monoisotopic (exact) mass is 286 g/mol. The summed E-state index contributed by atoms with van der Waals surface area (Å²) in [5.74, 6) is 0.215. The molecule has 112 valence electrons. The van der Waals surface area contributed by atoms with Gasteiger partial charge in [-0.1, -0.05) is 29.8 Å². The van der Waals surface area contributed by atoms with Crippen molar-refractivity contribution in [2.75, 3.05) is 19.6 Å². The van der Waals surface area contributed by atoms with Crippen molar-refractivity contribution in [1.29, 1.82) is 0 Å². The molecule has 2 aliphatic rings. The van der Waals surface area contributed by atoms with Gasteiger partial charge in [0.2, 0.25) is 11.8 Å². The summed E-state index contributed by atoms with van der Waals surface area (Å²) in [6, 6.07) is 8.73. The van der Waals surface area contributed by atoms with Crippen molar-refractivity contribution in [2.45, 2.75) is 38.6 Å². The average molecular weight is 286 g/mol. The highest BCUT2D eigenvalue weighted by molar-refractivity contribution is 5.86. The first-order chi connectivity index (χ1) is 10.1. The summed E-state index contributed by atoms with van der Waals surface area (Å²) >= 11 is 0. The van der Waals surface area contributed by atoms with Gasteiger partial charge in [0.15, 0.2) is 0 Å². The topological polar surface area (TPSA) is 40.6 Å². The highest BCUT2D eigenvalue weighted by Gasteiger charge is 2.36. The van der Waals surface area contributed by atoms with E-state index < -0.39 is 0 Å². The van der Waals surface area contributed by atoms with Gasteiger partial charge in [0.05, 0.1) is 6.54 Å². The molecule has 1 aliphatic carbocycles. The van der Waals surface area contributed by atoms with Gasteiger partial charge in [-0.05, 0) is 31.7 Å². The Morgan fingerprint density at radius 1 is 1.19 bits per heavy atom. The van der Waals surface area contributed by atoms with Gasteiger partial charge in [0.1, 0.15) is 0 Å². The van der Waals surface area contributed by atoms with Crippen LogP contribution < -0.4 is 0 Å². The van der Waals surface area contributed by atoms with Crippen LogP contribution in [0.4, 0.5) is 0 Å². The number of benzene rings is 1. The summed E-state index contributed by atoms with van der Waals surface area (Å²) in [6.45, 7) is 3.72. The molecule has 1 aromatic rings. The standard InChI is InChI=1S/C17H22N2O2/c1-13-2-4-14(5-3-13)6-9-16(20)18-10-11-19(15-7-8-15)17(21)12-18/h2-5,15H,6-12H2,1H3. The van der Waals surface area contributed by atoms with E-state index in [2.05, 4.69) is 31.2 Å². The van der Waals surface area contributed by atoms with Crippen molar-refractivity contribution >= 4 is 11.8 Å². The first-order valence-corrected chi connectivity index (χ1v) is 7.76. The fourth-order valence-corrected chi connectivity index (χ4v) is 2.84. The number of carbonyl (C=O) groups is 2. The van der Waals surface area contributed by atoms with Crippen LogP contribution in [0, 0.1) is 6.92 Å². The van der Waals surface area contributed by atoms with E-state index >= 15 is 0 Å². The van der Waals surface area contributed by atoms with Crippen LogP contribution in [-0.2, 0) is 16.0 Å².